The van der Waals surface area contributed by atoms with Crippen molar-refractivity contribution < 1.29 is 32.6 Å². The molecule has 44 heavy (non-hydrogen) atoms. The first-order valence-electron chi connectivity index (χ1n) is 14.3. The van der Waals surface area contributed by atoms with Crippen LogP contribution in [0.3, 0.4) is 0 Å². The van der Waals surface area contributed by atoms with Gasteiger partial charge < -0.3 is 14.2 Å². The summed E-state index contributed by atoms with van der Waals surface area (Å²) in [7, 11) is 1.54. The first-order valence-corrected chi connectivity index (χ1v) is 14.3. The van der Waals surface area contributed by atoms with Crippen molar-refractivity contribution in [2.45, 2.75) is 32.3 Å². The molecule has 1 saturated carbocycles. The summed E-state index contributed by atoms with van der Waals surface area (Å²) in [4.78, 5) is 30.6. The summed E-state index contributed by atoms with van der Waals surface area (Å²) in [6, 6.07) is 24.9. The van der Waals surface area contributed by atoms with Crippen LogP contribution in [-0.2, 0) is 29.0 Å². The molecule has 1 aromatic heterocycles. The van der Waals surface area contributed by atoms with Crippen LogP contribution in [0.25, 0.3) is 10.9 Å². The standard InChI is InChI=1S/C36H29F2NO5/c1-42-32-20-27-29(21-33(32)43-22-24-5-3-2-4-6-24)39-16-13-30(27)44-31-12-9-25(17-28(31)38)19-35(41)36(14-15-36)34(40)18-23-7-10-26(37)11-8-23/h2-13,16-17,20-21H,14-15,18-19,22H2,1H3. The lowest BCUT2D eigenvalue weighted by Crippen LogP contribution is -2.28. The third-order valence-corrected chi connectivity index (χ3v) is 7.90. The number of benzene rings is 4. The molecule has 4 aromatic carbocycles. The average Bonchev–Trinajstić information content (AvgIpc) is 3.85. The molecule has 6 nitrogen and oxygen atoms in total. The molecular weight excluding hydrogens is 564 g/mol. The van der Waals surface area contributed by atoms with E-state index in [1.165, 1.54) is 31.4 Å². The second-order valence-electron chi connectivity index (χ2n) is 10.9. The van der Waals surface area contributed by atoms with Crippen LogP contribution >= 0.6 is 0 Å². The van der Waals surface area contributed by atoms with Gasteiger partial charge in [0.1, 0.15) is 18.2 Å². The van der Waals surface area contributed by atoms with Crippen molar-refractivity contribution in [3.05, 3.63) is 126 Å². The van der Waals surface area contributed by atoms with Gasteiger partial charge in [-0.3, -0.25) is 14.6 Å². The Morgan fingerprint density at radius 3 is 2.14 bits per heavy atom. The van der Waals surface area contributed by atoms with Crippen molar-refractivity contribution in [2.24, 2.45) is 5.41 Å². The summed E-state index contributed by atoms with van der Waals surface area (Å²) >= 11 is 0. The lowest BCUT2D eigenvalue weighted by atomic mass is 9.88. The van der Waals surface area contributed by atoms with E-state index >= 15 is 4.39 Å². The Bertz CT molecular complexity index is 1840. The van der Waals surface area contributed by atoms with E-state index in [0.29, 0.717) is 58.7 Å². The van der Waals surface area contributed by atoms with Gasteiger partial charge in [-0.05, 0) is 65.9 Å². The molecule has 6 rings (SSSR count). The SMILES string of the molecule is COc1cc2c(Oc3ccc(CC(=O)C4(C(=O)Cc5ccc(F)cc5)CC4)cc3F)ccnc2cc1OCc1ccccc1. The smallest absolute Gasteiger partial charge is 0.166 e. The number of hydrogen-bond acceptors (Lipinski definition) is 6. The molecule has 1 aliphatic carbocycles. The van der Waals surface area contributed by atoms with Crippen LogP contribution < -0.4 is 14.2 Å². The molecule has 0 amide bonds. The van der Waals surface area contributed by atoms with Crippen molar-refractivity contribution in [3.8, 4) is 23.0 Å². The van der Waals surface area contributed by atoms with Crippen LogP contribution in [0.15, 0.2) is 97.2 Å². The number of halogens is 2. The van der Waals surface area contributed by atoms with Crippen molar-refractivity contribution >= 4 is 22.5 Å². The molecule has 0 spiro atoms. The van der Waals surface area contributed by atoms with Gasteiger partial charge in [-0.1, -0.05) is 48.5 Å². The third-order valence-electron chi connectivity index (χ3n) is 7.90. The summed E-state index contributed by atoms with van der Waals surface area (Å²) in [5, 5.41) is 0.602. The van der Waals surface area contributed by atoms with E-state index in [0.717, 1.165) is 5.56 Å². The number of hydrogen-bond donors (Lipinski definition) is 0. The zero-order chi connectivity index (χ0) is 30.7. The molecule has 1 aliphatic rings. The molecule has 222 valence electrons. The van der Waals surface area contributed by atoms with E-state index in [4.69, 9.17) is 14.2 Å². The lowest BCUT2D eigenvalue weighted by molar-refractivity contribution is -0.133. The predicted octanol–water partition coefficient (Wildman–Crippen LogP) is 7.60. The van der Waals surface area contributed by atoms with Gasteiger partial charge >= 0.3 is 0 Å². The minimum Gasteiger partial charge on any atom is -0.493 e. The number of nitrogens with zero attached hydrogens (tertiary/aromatic N) is 1. The average molecular weight is 594 g/mol. The van der Waals surface area contributed by atoms with Gasteiger partial charge in [0.05, 0.1) is 18.0 Å². The number of rotatable bonds is 12. The van der Waals surface area contributed by atoms with E-state index in [-0.39, 0.29) is 36.0 Å². The fourth-order valence-corrected chi connectivity index (χ4v) is 5.23. The predicted molar refractivity (Wildman–Crippen MR) is 161 cm³/mol. The Balaban J connectivity index is 1.15. The molecule has 5 aromatic rings. The minimum absolute atomic E-state index is 0.0226. The number of methoxy groups -OCH3 is 1. The van der Waals surface area contributed by atoms with Crippen LogP contribution in [0.2, 0.25) is 0 Å². The molecule has 1 heterocycles. The topological polar surface area (TPSA) is 74.7 Å². The minimum atomic E-state index is -1.06. The monoisotopic (exact) mass is 593 g/mol. The Morgan fingerprint density at radius 1 is 0.750 bits per heavy atom. The van der Waals surface area contributed by atoms with Crippen molar-refractivity contribution in [2.75, 3.05) is 7.11 Å². The van der Waals surface area contributed by atoms with Gasteiger partial charge in [0.2, 0.25) is 0 Å². The first-order chi connectivity index (χ1) is 21.3. The molecule has 0 bridgehead atoms. The highest BCUT2D eigenvalue weighted by atomic mass is 19.1. The quantitative estimate of drug-likeness (QED) is 0.139. The molecule has 0 saturated heterocycles. The summed E-state index contributed by atoms with van der Waals surface area (Å²) in [6.45, 7) is 0.350. The Kier molecular flexibility index (Phi) is 8.07. The van der Waals surface area contributed by atoms with E-state index in [2.05, 4.69) is 4.98 Å². The van der Waals surface area contributed by atoms with Gasteiger partial charge in [0.25, 0.3) is 0 Å². The van der Waals surface area contributed by atoms with E-state index < -0.39 is 11.2 Å². The summed E-state index contributed by atoms with van der Waals surface area (Å²) in [6.07, 6.45) is 2.47. The second-order valence-corrected chi connectivity index (χ2v) is 10.9. The van der Waals surface area contributed by atoms with Crippen LogP contribution in [0.4, 0.5) is 8.78 Å². The molecule has 0 N–H and O–H groups in total. The van der Waals surface area contributed by atoms with Gasteiger partial charge in [0, 0.05) is 30.5 Å². The normalized spacial score (nSPS) is 13.3. The summed E-state index contributed by atoms with van der Waals surface area (Å²) < 4.78 is 46.0. The number of carbonyl (C=O) groups excluding carboxylic acids is 2. The van der Waals surface area contributed by atoms with Gasteiger partial charge in [-0.2, -0.15) is 0 Å². The number of ketones is 2. The number of ether oxygens (including phenoxy) is 3. The van der Waals surface area contributed by atoms with Crippen LogP contribution in [0.5, 0.6) is 23.0 Å². The number of fused-ring (bicyclic) bond motifs is 1. The van der Waals surface area contributed by atoms with Crippen molar-refractivity contribution in [1.82, 2.24) is 4.98 Å². The molecule has 0 atom stereocenters. The van der Waals surface area contributed by atoms with Crippen LogP contribution in [0.1, 0.15) is 29.5 Å². The van der Waals surface area contributed by atoms with Gasteiger partial charge in [-0.15, -0.1) is 0 Å². The molecular formula is C36H29F2NO5. The second kappa shape index (κ2) is 12.2. The Hall–Kier alpha value is -5.11. The maximum Gasteiger partial charge on any atom is 0.166 e. The van der Waals surface area contributed by atoms with Crippen LogP contribution in [-0.4, -0.2) is 23.7 Å². The maximum atomic E-state index is 15.3. The Labute approximate surface area is 253 Å². The van der Waals surface area contributed by atoms with Crippen molar-refractivity contribution in [1.29, 1.82) is 0 Å². The molecule has 0 aliphatic heterocycles. The Morgan fingerprint density at radius 2 is 1.45 bits per heavy atom. The van der Waals surface area contributed by atoms with E-state index in [9.17, 15) is 14.0 Å². The highest BCUT2D eigenvalue weighted by Gasteiger charge is 2.54. The van der Waals surface area contributed by atoms with Gasteiger partial charge in [-0.25, -0.2) is 8.78 Å². The van der Waals surface area contributed by atoms with Gasteiger partial charge in [0.15, 0.2) is 34.6 Å². The maximum absolute atomic E-state index is 15.3. The molecule has 0 radical (unpaired) electrons. The van der Waals surface area contributed by atoms with Crippen LogP contribution in [0, 0.1) is 17.0 Å². The number of pyridine rings is 1. The van der Waals surface area contributed by atoms with E-state index in [1.54, 1.807) is 42.6 Å². The third kappa shape index (κ3) is 6.15. The highest BCUT2D eigenvalue weighted by Crippen LogP contribution is 2.49. The molecule has 8 heteroatoms. The number of carbonyl (C=O) groups is 2. The number of Topliss-reactive ketones (excluding diaryl/α,β-unsaturated/α-hetero) is 2. The number of aromatic nitrogens is 1. The highest BCUT2D eigenvalue weighted by molar-refractivity contribution is 6.11. The lowest BCUT2D eigenvalue weighted by Gasteiger charge is -2.15. The summed E-state index contributed by atoms with van der Waals surface area (Å²) in [5.74, 6) is -0.125. The zero-order valence-corrected chi connectivity index (χ0v) is 24.0. The zero-order valence-electron chi connectivity index (χ0n) is 24.0. The fraction of sp³-hybridized carbons (Fsp3) is 0.194. The largest absolute Gasteiger partial charge is 0.493 e. The molecule has 0 unspecified atom stereocenters. The fourth-order valence-electron chi connectivity index (χ4n) is 5.23. The molecule has 1 fully saturated rings. The first kappa shape index (κ1) is 29.0. The van der Waals surface area contributed by atoms with E-state index in [1.807, 2.05) is 30.3 Å². The summed E-state index contributed by atoms with van der Waals surface area (Å²) in [5.41, 5.74) is 1.62. The van der Waals surface area contributed by atoms with Crippen molar-refractivity contribution in [3.63, 3.8) is 0 Å².